The van der Waals surface area contributed by atoms with Gasteiger partial charge in [0.1, 0.15) is 5.82 Å². The molecule has 4 aromatic rings. The van der Waals surface area contributed by atoms with Crippen LogP contribution in [0.5, 0.6) is 0 Å². The first-order valence-corrected chi connectivity index (χ1v) is 10.7. The number of para-hydroxylation sites is 1. The van der Waals surface area contributed by atoms with Gasteiger partial charge in [0.05, 0.1) is 16.6 Å². The van der Waals surface area contributed by atoms with Crippen molar-refractivity contribution in [2.45, 2.75) is 33.1 Å². The van der Waals surface area contributed by atoms with Gasteiger partial charge in [0.25, 0.3) is 5.56 Å². The number of fused-ring (bicyclic) bond motifs is 1. The van der Waals surface area contributed by atoms with Crippen LogP contribution in [0.4, 0.5) is 5.13 Å². The van der Waals surface area contributed by atoms with Gasteiger partial charge in [-0.25, -0.2) is 9.97 Å². The SMILES string of the molecule is Cc1ccc(-c2csc(NC(=O)CCCc3nc4ccccc4c(=O)[nH]3)n2)c(C)c1. The van der Waals surface area contributed by atoms with Crippen molar-refractivity contribution >= 4 is 33.3 Å². The van der Waals surface area contributed by atoms with Crippen LogP contribution in [0.25, 0.3) is 22.2 Å². The molecule has 0 radical (unpaired) electrons. The number of carbonyl (C=O) groups is 1. The summed E-state index contributed by atoms with van der Waals surface area (Å²) in [5.41, 5.74) is 4.83. The largest absolute Gasteiger partial charge is 0.310 e. The molecule has 0 aliphatic heterocycles. The van der Waals surface area contributed by atoms with Crippen LogP contribution in [0.1, 0.15) is 29.8 Å². The molecule has 2 N–H and O–H groups in total. The van der Waals surface area contributed by atoms with Gasteiger partial charge in [-0.2, -0.15) is 0 Å². The fraction of sp³-hybridized carbons (Fsp3) is 0.217. The van der Waals surface area contributed by atoms with Crippen LogP contribution >= 0.6 is 11.3 Å². The maximum Gasteiger partial charge on any atom is 0.258 e. The minimum absolute atomic E-state index is 0.0975. The highest BCUT2D eigenvalue weighted by molar-refractivity contribution is 7.14. The minimum Gasteiger partial charge on any atom is -0.310 e. The van der Waals surface area contributed by atoms with Crippen molar-refractivity contribution in [3.63, 3.8) is 0 Å². The third kappa shape index (κ3) is 4.46. The predicted octanol–water partition coefficient (Wildman–Crippen LogP) is 4.62. The highest BCUT2D eigenvalue weighted by Crippen LogP contribution is 2.28. The number of aryl methyl sites for hydroxylation is 3. The molecule has 4 rings (SSSR count). The van der Waals surface area contributed by atoms with Gasteiger partial charge in [-0.05, 0) is 38.0 Å². The molecule has 0 aliphatic rings. The molecule has 7 heteroatoms. The number of hydrogen-bond donors (Lipinski definition) is 2. The highest BCUT2D eigenvalue weighted by Gasteiger charge is 2.10. The van der Waals surface area contributed by atoms with E-state index in [4.69, 9.17) is 0 Å². The van der Waals surface area contributed by atoms with E-state index in [-0.39, 0.29) is 11.5 Å². The molecule has 2 aromatic heterocycles. The van der Waals surface area contributed by atoms with Crippen LogP contribution in [0, 0.1) is 13.8 Å². The number of benzene rings is 2. The van der Waals surface area contributed by atoms with E-state index in [1.807, 2.05) is 23.6 Å². The fourth-order valence-electron chi connectivity index (χ4n) is 3.41. The van der Waals surface area contributed by atoms with E-state index in [9.17, 15) is 9.59 Å². The average molecular weight is 419 g/mol. The van der Waals surface area contributed by atoms with Gasteiger partial charge in [0.2, 0.25) is 5.91 Å². The summed E-state index contributed by atoms with van der Waals surface area (Å²) in [6.07, 6.45) is 1.44. The van der Waals surface area contributed by atoms with Crippen LogP contribution in [0.2, 0.25) is 0 Å². The molecule has 1 amide bonds. The molecule has 2 aromatic carbocycles. The second-order valence-electron chi connectivity index (χ2n) is 7.29. The third-order valence-electron chi connectivity index (χ3n) is 4.89. The standard InChI is InChI=1S/C23H22N4O2S/c1-14-10-11-16(15(2)12-14)19-13-30-23(25-19)27-21(28)9-5-8-20-24-18-7-4-3-6-17(18)22(29)26-20/h3-4,6-7,10-13H,5,8-9H2,1-2H3,(H,24,26,29)(H,25,27,28). The number of nitrogens with zero attached hydrogens (tertiary/aromatic N) is 2. The van der Waals surface area contributed by atoms with Crippen LogP contribution in [0.3, 0.4) is 0 Å². The van der Waals surface area contributed by atoms with Gasteiger partial charge < -0.3 is 10.3 Å². The van der Waals surface area contributed by atoms with Crippen LogP contribution in [-0.2, 0) is 11.2 Å². The van der Waals surface area contributed by atoms with Crippen LogP contribution in [0.15, 0.2) is 52.6 Å². The summed E-state index contributed by atoms with van der Waals surface area (Å²) in [5, 5.41) is 5.98. The number of aromatic amines is 1. The second kappa shape index (κ2) is 8.59. The summed E-state index contributed by atoms with van der Waals surface area (Å²) in [7, 11) is 0. The Morgan fingerprint density at radius 2 is 1.97 bits per heavy atom. The second-order valence-corrected chi connectivity index (χ2v) is 8.15. The number of H-pyrrole nitrogens is 1. The zero-order valence-corrected chi connectivity index (χ0v) is 17.7. The number of rotatable bonds is 6. The number of carbonyl (C=O) groups excluding carboxylic acids is 1. The average Bonchev–Trinajstić information content (AvgIpc) is 3.16. The molecule has 0 spiro atoms. The maximum atomic E-state index is 12.3. The Labute approximate surface area is 178 Å². The number of hydrogen-bond acceptors (Lipinski definition) is 5. The highest BCUT2D eigenvalue weighted by atomic mass is 32.1. The quantitative estimate of drug-likeness (QED) is 0.478. The Hall–Kier alpha value is -3.32. The molecule has 0 bridgehead atoms. The lowest BCUT2D eigenvalue weighted by atomic mass is 10.0. The predicted molar refractivity (Wildman–Crippen MR) is 121 cm³/mol. The first-order chi connectivity index (χ1) is 14.5. The van der Waals surface area contributed by atoms with Crippen molar-refractivity contribution in [1.82, 2.24) is 15.0 Å². The first kappa shape index (κ1) is 20.0. The van der Waals surface area contributed by atoms with E-state index < -0.39 is 0 Å². The van der Waals surface area contributed by atoms with E-state index >= 15 is 0 Å². The molecule has 0 atom stereocenters. The Morgan fingerprint density at radius 1 is 1.13 bits per heavy atom. The third-order valence-corrected chi connectivity index (χ3v) is 5.65. The Kier molecular flexibility index (Phi) is 5.72. The fourth-order valence-corrected chi connectivity index (χ4v) is 4.13. The van der Waals surface area contributed by atoms with Crippen molar-refractivity contribution in [2.75, 3.05) is 5.32 Å². The Morgan fingerprint density at radius 3 is 2.80 bits per heavy atom. The molecule has 0 saturated carbocycles. The zero-order chi connectivity index (χ0) is 21.1. The molecule has 152 valence electrons. The van der Waals surface area contributed by atoms with Crippen molar-refractivity contribution in [2.24, 2.45) is 0 Å². The normalized spacial score (nSPS) is 11.0. The number of nitrogens with one attached hydrogen (secondary N) is 2. The summed E-state index contributed by atoms with van der Waals surface area (Å²) in [5.74, 6) is 0.498. The lowest BCUT2D eigenvalue weighted by Crippen LogP contribution is -2.14. The summed E-state index contributed by atoms with van der Waals surface area (Å²) >= 11 is 1.42. The van der Waals surface area contributed by atoms with Crippen molar-refractivity contribution < 1.29 is 4.79 Å². The van der Waals surface area contributed by atoms with Crippen LogP contribution in [-0.4, -0.2) is 20.9 Å². The minimum atomic E-state index is -0.151. The lowest BCUT2D eigenvalue weighted by molar-refractivity contribution is -0.116. The Bertz CT molecular complexity index is 1280. The summed E-state index contributed by atoms with van der Waals surface area (Å²) < 4.78 is 0. The number of aromatic nitrogens is 3. The van der Waals surface area contributed by atoms with E-state index in [0.29, 0.717) is 41.1 Å². The number of amides is 1. The smallest absolute Gasteiger partial charge is 0.258 e. The summed E-state index contributed by atoms with van der Waals surface area (Å²) in [6.45, 7) is 4.12. The monoisotopic (exact) mass is 418 g/mol. The molecule has 0 unspecified atom stereocenters. The van der Waals surface area contributed by atoms with Gasteiger partial charge >= 0.3 is 0 Å². The molecule has 0 aliphatic carbocycles. The van der Waals surface area contributed by atoms with Gasteiger partial charge in [-0.1, -0.05) is 35.9 Å². The molecule has 2 heterocycles. The van der Waals surface area contributed by atoms with E-state index in [1.165, 1.54) is 16.9 Å². The van der Waals surface area contributed by atoms with Gasteiger partial charge in [0, 0.05) is 23.8 Å². The lowest BCUT2D eigenvalue weighted by Gasteiger charge is -2.04. The number of anilines is 1. The molecule has 6 nitrogen and oxygen atoms in total. The topological polar surface area (TPSA) is 87.7 Å². The van der Waals surface area contributed by atoms with Crippen molar-refractivity contribution in [3.05, 3.63) is 75.1 Å². The van der Waals surface area contributed by atoms with Crippen molar-refractivity contribution in [1.29, 1.82) is 0 Å². The van der Waals surface area contributed by atoms with E-state index in [2.05, 4.69) is 52.3 Å². The Balaban J connectivity index is 1.34. The number of thiazole rings is 1. The van der Waals surface area contributed by atoms with E-state index in [1.54, 1.807) is 6.07 Å². The zero-order valence-electron chi connectivity index (χ0n) is 16.9. The molecular weight excluding hydrogens is 396 g/mol. The molecule has 30 heavy (non-hydrogen) atoms. The molecular formula is C23H22N4O2S. The van der Waals surface area contributed by atoms with Gasteiger partial charge in [-0.3, -0.25) is 9.59 Å². The first-order valence-electron chi connectivity index (χ1n) is 9.80. The van der Waals surface area contributed by atoms with Crippen molar-refractivity contribution in [3.8, 4) is 11.3 Å². The van der Waals surface area contributed by atoms with Gasteiger partial charge in [-0.15, -0.1) is 11.3 Å². The van der Waals surface area contributed by atoms with Crippen LogP contribution < -0.4 is 10.9 Å². The maximum absolute atomic E-state index is 12.3. The van der Waals surface area contributed by atoms with E-state index in [0.717, 1.165) is 16.8 Å². The molecule has 0 saturated heterocycles. The molecule has 0 fully saturated rings. The van der Waals surface area contributed by atoms with Gasteiger partial charge in [0.15, 0.2) is 5.13 Å². The summed E-state index contributed by atoms with van der Waals surface area (Å²) in [6, 6.07) is 13.5. The summed E-state index contributed by atoms with van der Waals surface area (Å²) in [4.78, 5) is 36.2.